The van der Waals surface area contributed by atoms with E-state index in [0.717, 1.165) is 6.26 Å². The van der Waals surface area contributed by atoms with E-state index in [1.165, 1.54) is 26.0 Å². The Morgan fingerprint density at radius 2 is 1.79 bits per heavy atom. The van der Waals surface area contributed by atoms with Crippen LogP contribution < -0.4 is 30.1 Å². The molecule has 0 fully saturated rings. The molecule has 12 heteroatoms. The van der Waals surface area contributed by atoms with Gasteiger partial charge in [-0.05, 0) is 12.3 Å². The number of anilines is 1. The Hall–Kier alpha value is -1.88. The van der Waals surface area contributed by atoms with Crippen molar-refractivity contribution < 1.29 is 17.9 Å². The molecule has 2 aromatic rings. The smallest absolute Gasteiger partial charge is 0.231 e. The van der Waals surface area contributed by atoms with Gasteiger partial charge in [-0.15, -0.1) is 11.8 Å². The molecular weight excluding hydrogens is 459 g/mol. The van der Waals surface area contributed by atoms with Gasteiger partial charge in [0.1, 0.15) is 16.9 Å². The Morgan fingerprint density at radius 1 is 1.17 bits per heavy atom. The highest BCUT2D eigenvalue weighted by Crippen LogP contribution is 2.45. The number of hydrogen-bond acceptors (Lipinski definition) is 8. The first-order valence-corrected chi connectivity index (χ1v) is 12.1. The number of halogens is 2. The Kier molecular flexibility index (Phi) is 6.37. The van der Waals surface area contributed by atoms with Crippen LogP contribution in [-0.2, 0) is 10.0 Å². The van der Waals surface area contributed by atoms with Crippen LogP contribution in [0.3, 0.4) is 0 Å². The summed E-state index contributed by atoms with van der Waals surface area (Å²) in [5.74, 6) is 0.759. The van der Waals surface area contributed by atoms with Gasteiger partial charge in [-0.3, -0.25) is 4.72 Å². The summed E-state index contributed by atoms with van der Waals surface area (Å²) in [5.41, 5.74) is 0.418. The molecule has 3 rings (SSSR count). The molecule has 1 aromatic heterocycles. The first-order chi connectivity index (χ1) is 13.7. The number of aromatic nitrogens is 1. The summed E-state index contributed by atoms with van der Waals surface area (Å²) in [5, 5.41) is 4.60. The van der Waals surface area contributed by atoms with Crippen LogP contribution in [-0.4, -0.2) is 45.6 Å². The van der Waals surface area contributed by atoms with Crippen LogP contribution in [0.4, 0.5) is 5.82 Å². The molecule has 0 amide bonds. The van der Waals surface area contributed by atoms with Crippen molar-refractivity contribution in [2.24, 2.45) is 4.99 Å². The Balaban J connectivity index is 2.35. The molecule has 29 heavy (non-hydrogen) atoms. The molecule has 0 bridgehead atoms. The van der Waals surface area contributed by atoms with Gasteiger partial charge in [0.2, 0.25) is 10.0 Å². The van der Waals surface area contributed by atoms with Crippen LogP contribution in [0.1, 0.15) is 0 Å². The Labute approximate surface area is 182 Å². The number of sulfonamides is 1. The van der Waals surface area contributed by atoms with E-state index in [-0.39, 0.29) is 21.4 Å². The Bertz CT molecular complexity index is 1160. The van der Waals surface area contributed by atoms with Gasteiger partial charge in [-0.25, -0.2) is 18.4 Å². The number of benzene rings is 1. The first-order valence-electron chi connectivity index (χ1n) is 8.14. The monoisotopic (exact) mass is 476 g/mol. The molecule has 0 aliphatic carbocycles. The van der Waals surface area contributed by atoms with E-state index in [1.807, 2.05) is 6.26 Å². The van der Waals surface area contributed by atoms with Crippen LogP contribution >= 0.6 is 35.0 Å². The van der Waals surface area contributed by atoms with E-state index < -0.39 is 10.0 Å². The average Bonchev–Trinajstić information content (AvgIpc) is 2.67. The molecule has 156 valence electrons. The highest BCUT2D eigenvalue weighted by atomic mass is 35.5. The van der Waals surface area contributed by atoms with Gasteiger partial charge in [-0.1, -0.05) is 23.2 Å². The van der Waals surface area contributed by atoms with Crippen LogP contribution in [0.5, 0.6) is 11.5 Å². The van der Waals surface area contributed by atoms with Gasteiger partial charge in [0, 0.05) is 23.0 Å². The first kappa shape index (κ1) is 21.8. The molecule has 0 radical (unpaired) electrons. The minimum absolute atomic E-state index is 0.0747. The van der Waals surface area contributed by atoms with E-state index in [9.17, 15) is 8.42 Å². The SMILES string of the molecule is COc1cc(OC)c(Cl)c(-c2cc3c(c(NS(C)(=O)=O)n2)=NC(SC)NC=3)c1Cl. The number of nitrogens with zero attached hydrogens (tertiary/aromatic N) is 2. The summed E-state index contributed by atoms with van der Waals surface area (Å²) in [6.45, 7) is 0. The van der Waals surface area contributed by atoms with Gasteiger partial charge in [0.25, 0.3) is 0 Å². The largest absolute Gasteiger partial charge is 0.495 e. The summed E-state index contributed by atoms with van der Waals surface area (Å²) in [4.78, 5) is 8.97. The van der Waals surface area contributed by atoms with Crippen molar-refractivity contribution in [1.29, 1.82) is 0 Å². The third-order valence-electron chi connectivity index (χ3n) is 3.99. The summed E-state index contributed by atoms with van der Waals surface area (Å²) in [7, 11) is -0.675. The second-order valence-electron chi connectivity index (χ2n) is 5.98. The van der Waals surface area contributed by atoms with Crippen LogP contribution in [0, 0.1) is 0 Å². The van der Waals surface area contributed by atoms with Crippen molar-refractivity contribution in [1.82, 2.24) is 10.3 Å². The number of fused-ring (bicyclic) bond motifs is 1. The molecule has 1 unspecified atom stereocenters. The molecule has 0 saturated heterocycles. The molecule has 1 aromatic carbocycles. The summed E-state index contributed by atoms with van der Waals surface area (Å²) in [6, 6.07) is 3.27. The van der Waals surface area contributed by atoms with Gasteiger partial charge in [-0.2, -0.15) is 0 Å². The predicted molar refractivity (Wildman–Crippen MR) is 117 cm³/mol. The van der Waals surface area contributed by atoms with E-state index >= 15 is 0 Å². The lowest BCUT2D eigenvalue weighted by Crippen LogP contribution is -2.40. The zero-order chi connectivity index (χ0) is 21.3. The fourth-order valence-electron chi connectivity index (χ4n) is 2.73. The van der Waals surface area contributed by atoms with Crippen molar-refractivity contribution in [3.8, 4) is 22.8 Å². The van der Waals surface area contributed by atoms with Crippen molar-refractivity contribution in [2.45, 2.75) is 5.50 Å². The number of thioether (sulfide) groups is 1. The van der Waals surface area contributed by atoms with E-state index in [0.29, 0.717) is 33.3 Å². The van der Waals surface area contributed by atoms with Gasteiger partial charge >= 0.3 is 0 Å². The van der Waals surface area contributed by atoms with Crippen molar-refractivity contribution >= 4 is 57.0 Å². The van der Waals surface area contributed by atoms with E-state index in [2.05, 4.69) is 20.0 Å². The minimum Gasteiger partial charge on any atom is -0.495 e. The summed E-state index contributed by atoms with van der Waals surface area (Å²) < 4.78 is 36.8. The van der Waals surface area contributed by atoms with Crippen LogP contribution in [0.25, 0.3) is 17.5 Å². The van der Waals surface area contributed by atoms with Crippen molar-refractivity contribution in [2.75, 3.05) is 31.5 Å². The lowest BCUT2D eigenvalue weighted by Gasteiger charge is -2.18. The highest BCUT2D eigenvalue weighted by Gasteiger charge is 2.22. The fraction of sp³-hybridized carbons (Fsp3) is 0.294. The minimum atomic E-state index is -3.61. The number of ether oxygens (including phenoxy) is 2. The maximum atomic E-state index is 11.9. The standard InChI is InChI=1S/C17H18Cl2N4O4S2/c1-26-10-6-11(27-2)14(19)12(13(10)18)9-5-8-7-20-17(28-3)22-15(8)16(21-9)23-29(4,24)25/h5-7,17,20H,1-4H3,(H,21,23). The molecule has 2 heterocycles. The highest BCUT2D eigenvalue weighted by molar-refractivity contribution is 7.99. The number of rotatable bonds is 6. The lowest BCUT2D eigenvalue weighted by atomic mass is 10.1. The second kappa shape index (κ2) is 8.47. The van der Waals surface area contributed by atoms with E-state index in [4.69, 9.17) is 32.7 Å². The molecular formula is C17H18Cl2N4O4S2. The second-order valence-corrected chi connectivity index (χ2v) is 9.40. The molecule has 0 spiro atoms. The lowest BCUT2D eigenvalue weighted by molar-refractivity contribution is 0.395. The van der Waals surface area contributed by atoms with Crippen LogP contribution in [0.2, 0.25) is 10.0 Å². The number of nitrogens with one attached hydrogen (secondary N) is 2. The molecule has 2 N–H and O–H groups in total. The Morgan fingerprint density at radius 3 is 2.31 bits per heavy atom. The zero-order valence-corrected chi connectivity index (χ0v) is 19.1. The quantitative estimate of drug-likeness (QED) is 0.657. The number of pyridine rings is 1. The fourth-order valence-corrected chi connectivity index (χ4v) is 4.33. The molecule has 0 saturated carbocycles. The maximum Gasteiger partial charge on any atom is 0.231 e. The molecule has 1 aliphatic rings. The topological polar surface area (TPSA) is 102 Å². The van der Waals surface area contributed by atoms with Gasteiger partial charge in [0.15, 0.2) is 11.3 Å². The zero-order valence-electron chi connectivity index (χ0n) is 15.9. The predicted octanol–water partition coefficient (Wildman–Crippen LogP) is 2.05. The summed E-state index contributed by atoms with van der Waals surface area (Å²) in [6.07, 6.45) is 4.66. The van der Waals surface area contributed by atoms with E-state index in [1.54, 1.807) is 18.3 Å². The molecule has 8 nitrogen and oxygen atoms in total. The normalized spacial score (nSPS) is 15.4. The van der Waals surface area contributed by atoms with Crippen molar-refractivity contribution in [3.63, 3.8) is 0 Å². The third-order valence-corrected chi connectivity index (χ3v) is 5.99. The number of hydrogen-bond donors (Lipinski definition) is 2. The van der Waals surface area contributed by atoms with Gasteiger partial charge in [0.05, 0.1) is 36.2 Å². The third kappa shape index (κ3) is 4.50. The van der Waals surface area contributed by atoms with Gasteiger partial charge < -0.3 is 14.8 Å². The number of methoxy groups -OCH3 is 2. The van der Waals surface area contributed by atoms with Crippen molar-refractivity contribution in [3.05, 3.63) is 32.8 Å². The molecule has 1 aliphatic heterocycles. The maximum absolute atomic E-state index is 11.9. The summed E-state index contributed by atoms with van der Waals surface area (Å²) >= 11 is 14.5. The molecule has 1 atom stereocenters. The average molecular weight is 477 g/mol. The van der Waals surface area contributed by atoms with Crippen LogP contribution in [0.15, 0.2) is 17.1 Å².